The zero-order valence-corrected chi connectivity index (χ0v) is 30.7. The van der Waals surface area contributed by atoms with E-state index in [2.05, 4.69) is 13.8 Å². The molecule has 0 bridgehead atoms. The fourth-order valence-electron chi connectivity index (χ4n) is 6.21. The van der Waals surface area contributed by atoms with Crippen LogP contribution in [0.5, 0.6) is 0 Å². The van der Waals surface area contributed by atoms with Crippen LogP contribution in [0.2, 0.25) is 0 Å². The van der Waals surface area contributed by atoms with E-state index < -0.39 is 0 Å². The molecule has 0 saturated carbocycles. The van der Waals surface area contributed by atoms with Gasteiger partial charge < -0.3 is 15.5 Å². The summed E-state index contributed by atoms with van der Waals surface area (Å²) in [5.41, 5.74) is 5.77. The summed E-state index contributed by atoms with van der Waals surface area (Å²) in [5, 5.41) is 18.4. The standard InChI is InChI=1S/C38H78N4O4/c1-3-5-7-9-11-13-15-17-19-21-23-29-37(43)40(34-27-31-39)32-25-26-33-41(35-28-36-42(45)46)38(44)30-24-22-20-18-16-14-12-10-8-6-4-2/h45-46H,3-36,39H2,1-2H3. The summed E-state index contributed by atoms with van der Waals surface area (Å²) >= 11 is 0. The average Bonchev–Trinajstić information content (AvgIpc) is 3.04. The van der Waals surface area contributed by atoms with Crippen molar-refractivity contribution in [2.75, 3.05) is 39.3 Å². The van der Waals surface area contributed by atoms with Crippen molar-refractivity contribution >= 4 is 11.8 Å². The summed E-state index contributed by atoms with van der Waals surface area (Å²) < 4.78 is 0. The topological polar surface area (TPSA) is 110 Å². The number of hydrogen-bond donors (Lipinski definition) is 3. The lowest BCUT2D eigenvalue weighted by molar-refractivity contribution is -0.306. The maximum atomic E-state index is 13.0. The third kappa shape index (κ3) is 30.1. The lowest BCUT2D eigenvalue weighted by Gasteiger charge is -2.25. The Morgan fingerprint density at radius 1 is 0.413 bits per heavy atom. The zero-order valence-electron chi connectivity index (χ0n) is 30.7. The Kier molecular flexibility index (Phi) is 34.2. The SMILES string of the molecule is CCCCCCCCCCCCCC(=O)N(CCCN)CCCCN(CCCN(O)O)C(=O)CCCCCCCCCCCCC. The van der Waals surface area contributed by atoms with E-state index >= 15 is 0 Å². The molecule has 0 heterocycles. The summed E-state index contributed by atoms with van der Waals surface area (Å²) in [4.78, 5) is 29.9. The minimum absolute atomic E-state index is 0.114. The Morgan fingerprint density at radius 3 is 1.04 bits per heavy atom. The molecule has 0 aliphatic rings. The molecule has 0 aromatic rings. The number of hydroxylamine groups is 2. The maximum Gasteiger partial charge on any atom is 0.222 e. The van der Waals surface area contributed by atoms with Crippen molar-refractivity contribution in [3.8, 4) is 0 Å². The first-order chi connectivity index (χ1) is 22.5. The Balaban J connectivity index is 4.34. The predicted molar refractivity (Wildman–Crippen MR) is 193 cm³/mol. The third-order valence-corrected chi connectivity index (χ3v) is 9.22. The van der Waals surface area contributed by atoms with E-state index in [1.54, 1.807) is 0 Å². The molecular formula is C38H78N4O4. The van der Waals surface area contributed by atoms with Gasteiger partial charge in [0.2, 0.25) is 11.8 Å². The van der Waals surface area contributed by atoms with Gasteiger partial charge in [-0.15, -0.1) is 0 Å². The van der Waals surface area contributed by atoms with Crippen molar-refractivity contribution in [3.05, 3.63) is 0 Å². The van der Waals surface area contributed by atoms with E-state index in [-0.39, 0.29) is 23.6 Å². The monoisotopic (exact) mass is 655 g/mol. The fourth-order valence-corrected chi connectivity index (χ4v) is 6.21. The molecule has 0 atom stereocenters. The van der Waals surface area contributed by atoms with E-state index in [1.165, 1.54) is 116 Å². The average molecular weight is 655 g/mol. The van der Waals surface area contributed by atoms with E-state index in [1.807, 2.05) is 9.80 Å². The van der Waals surface area contributed by atoms with Crippen molar-refractivity contribution in [1.82, 2.24) is 15.0 Å². The van der Waals surface area contributed by atoms with E-state index in [4.69, 9.17) is 16.1 Å². The highest BCUT2D eigenvalue weighted by Crippen LogP contribution is 2.15. The van der Waals surface area contributed by atoms with Gasteiger partial charge in [-0.1, -0.05) is 147 Å². The molecule has 8 nitrogen and oxygen atoms in total. The predicted octanol–water partition coefficient (Wildman–Crippen LogP) is 9.65. The summed E-state index contributed by atoms with van der Waals surface area (Å²) in [6.07, 6.45) is 32.0. The molecule has 2 amide bonds. The van der Waals surface area contributed by atoms with Crippen molar-refractivity contribution < 1.29 is 20.0 Å². The molecule has 0 unspecified atom stereocenters. The van der Waals surface area contributed by atoms with Gasteiger partial charge in [-0.25, -0.2) is 0 Å². The van der Waals surface area contributed by atoms with Crippen LogP contribution in [0.15, 0.2) is 0 Å². The Morgan fingerprint density at radius 2 is 0.717 bits per heavy atom. The van der Waals surface area contributed by atoms with Gasteiger partial charge in [0.1, 0.15) is 0 Å². The van der Waals surface area contributed by atoms with E-state index in [0.717, 1.165) is 44.9 Å². The number of carbonyl (C=O) groups excluding carboxylic acids is 2. The largest absolute Gasteiger partial charge is 0.343 e. The normalized spacial score (nSPS) is 11.4. The second kappa shape index (κ2) is 35.1. The van der Waals surface area contributed by atoms with Crippen LogP contribution >= 0.6 is 0 Å². The molecule has 0 rings (SSSR count). The first kappa shape index (κ1) is 44.8. The van der Waals surface area contributed by atoms with Gasteiger partial charge in [-0.05, 0) is 45.1 Å². The van der Waals surface area contributed by atoms with Gasteiger partial charge in [0.15, 0.2) is 0 Å². The molecule has 0 spiro atoms. The number of carbonyl (C=O) groups is 2. The van der Waals surface area contributed by atoms with Crippen molar-refractivity contribution in [2.45, 2.75) is 194 Å². The van der Waals surface area contributed by atoms with E-state index in [0.29, 0.717) is 52.0 Å². The van der Waals surface area contributed by atoms with Gasteiger partial charge in [0.25, 0.3) is 0 Å². The van der Waals surface area contributed by atoms with Crippen LogP contribution in [-0.2, 0) is 9.59 Å². The van der Waals surface area contributed by atoms with Crippen molar-refractivity contribution in [1.29, 1.82) is 0 Å². The van der Waals surface area contributed by atoms with Crippen LogP contribution in [0.25, 0.3) is 0 Å². The highest BCUT2D eigenvalue weighted by Gasteiger charge is 2.16. The zero-order chi connectivity index (χ0) is 33.9. The van der Waals surface area contributed by atoms with Crippen LogP contribution in [0.3, 0.4) is 0 Å². The molecule has 8 heteroatoms. The summed E-state index contributed by atoms with van der Waals surface area (Å²) in [7, 11) is 0. The molecule has 0 radical (unpaired) electrons. The van der Waals surface area contributed by atoms with E-state index in [9.17, 15) is 9.59 Å². The molecule has 0 aliphatic carbocycles. The molecule has 4 N–H and O–H groups in total. The minimum atomic E-state index is 0.114. The van der Waals surface area contributed by atoms with Gasteiger partial charge >= 0.3 is 0 Å². The van der Waals surface area contributed by atoms with Crippen molar-refractivity contribution in [2.24, 2.45) is 5.73 Å². The van der Waals surface area contributed by atoms with Crippen LogP contribution in [0.1, 0.15) is 194 Å². The molecule has 274 valence electrons. The summed E-state index contributed by atoms with van der Waals surface area (Å²) in [6, 6.07) is 0. The number of unbranched alkanes of at least 4 members (excludes halogenated alkanes) is 21. The van der Waals surface area contributed by atoms with Gasteiger partial charge in [-0.3, -0.25) is 20.0 Å². The van der Waals surface area contributed by atoms with Crippen LogP contribution < -0.4 is 5.73 Å². The number of nitrogens with two attached hydrogens (primary N) is 1. The molecule has 0 fully saturated rings. The molecular weight excluding hydrogens is 576 g/mol. The molecule has 0 aromatic heterocycles. The van der Waals surface area contributed by atoms with Gasteiger partial charge in [0.05, 0.1) is 6.54 Å². The molecule has 0 aromatic carbocycles. The fraction of sp³-hybridized carbons (Fsp3) is 0.947. The number of rotatable bonds is 36. The Hall–Kier alpha value is -1.22. The second-order valence-corrected chi connectivity index (χ2v) is 13.6. The van der Waals surface area contributed by atoms with Crippen LogP contribution in [0, 0.1) is 0 Å². The first-order valence-corrected chi connectivity index (χ1v) is 19.9. The quantitative estimate of drug-likeness (QED) is 0.0458. The second-order valence-electron chi connectivity index (χ2n) is 13.6. The number of nitrogens with zero attached hydrogens (tertiary/aromatic N) is 3. The molecule has 46 heavy (non-hydrogen) atoms. The lowest BCUT2D eigenvalue weighted by atomic mass is 10.0. The first-order valence-electron chi connectivity index (χ1n) is 19.9. The summed E-state index contributed by atoms with van der Waals surface area (Å²) in [5.74, 6) is 0.394. The minimum Gasteiger partial charge on any atom is -0.343 e. The maximum absolute atomic E-state index is 13.0. The third-order valence-electron chi connectivity index (χ3n) is 9.22. The number of amides is 2. The van der Waals surface area contributed by atoms with Crippen LogP contribution in [0.4, 0.5) is 0 Å². The van der Waals surface area contributed by atoms with Crippen LogP contribution in [-0.4, -0.2) is 76.5 Å². The summed E-state index contributed by atoms with van der Waals surface area (Å²) in [6.45, 7) is 7.78. The Labute approximate surface area is 285 Å². The molecule has 0 saturated heterocycles. The van der Waals surface area contributed by atoms with Crippen molar-refractivity contribution in [3.63, 3.8) is 0 Å². The molecule has 0 aliphatic heterocycles. The highest BCUT2D eigenvalue weighted by molar-refractivity contribution is 5.76. The van der Waals surface area contributed by atoms with Gasteiger partial charge in [-0.2, -0.15) is 0 Å². The lowest BCUT2D eigenvalue weighted by Crippen LogP contribution is -2.36. The number of hydrogen-bond acceptors (Lipinski definition) is 6. The smallest absolute Gasteiger partial charge is 0.222 e. The highest BCUT2D eigenvalue weighted by atomic mass is 16.8. The van der Waals surface area contributed by atoms with Gasteiger partial charge in [0, 0.05) is 39.0 Å². The Bertz CT molecular complexity index is 665.